The van der Waals surface area contributed by atoms with E-state index < -0.39 is 0 Å². The second-order valence-corrected chi connectivity index (χ2v) is 6.70. The molecule has 0 aliphatic carbocycles. The molecule has 18 heavy (non-hydrogen) atoms. The second-order valence-electron chi connectivity index (χ2n) is 5.62. The Morgan fingerprint density at radius 2 is 2.06 bits per heavy atom. The van der Waals surface area contributed by atoms with E-state index in [4.69, 9.17) is 0 Å². The Morgan fingerprint density at radius 1 is 1.44 bits per heavy atom. The Labute approximate surface area is 121 Å². The summed E-state index contributed by atoms with van der Waals surface area (Å²) in [5.41, 5.74) is 0.633. The maximum absolute atomic E-state index is 13.3. The minimum atomic E-state index is -0.308. The van der Waals surface area contributed by atoms with Gasteiger partial charge in [-0.2, -0.15) is 0 Å². The normalized spacial score (nSPS) is 13.2. The lowest BCUT2D eigenvalue weighted by atomic mass is 9.80. The van der Waals surface area contributed by atoms with Gasteiger partial charge in [-0.25, -0.2) is 4.39 Å². The molecule has 1 unspecified atom stereocenters. The third kappa shape index (κ3) is 4.23. The molecule has 0 fully saturated rings. The van der Waals surface area contributed by atoms with E-state index in [9.17, 15) is 9.18 Å². The van der Waals surface area contributed by atoms with Crippen LogP contribution in [-0.2, 0) is 4.79 Å². The van der Waals surface area contributed by atoms with Gasteiger partial charge in [-0.1, -0.05) is 33.8 Å². The van der Waals surface area contributed by atoms with Crippen LogP contribution >= 0.6 is 22.6 Å². The minimum absolute atomic E-state index is 0.0686. The predicted molar refractivity (Wildman–Crippen MR) is 81.0 cm³/mol. The predicted octanol–water partition coefficient (Wildman–Crippen LogP) is 4.44. The largest absolute Gasteiger partial charge is 0.325 e. The smallest absolute Gasteiger partial charge is 0.224 e. The fourth-order valence-electron chi connectivity index (χ4n) is 1.39. The fraction of sp³-hybridized carbons (Fsp3) is 0.500. The lowest BCUT2D eigenvalue weighted by Gasteiger charge is -2.26. The summed E-state index contributed by atoms with van der Waals surface area (Å²) >= 11 is 1.90. The maximum Gasteiger partial charge on any atom is 0.224 e. The Morgan fingerprint density at radius 3 is 2.61 bits per heavy atom. The third-order valence-corrected chi connectivity index (χ3v) is 4.29. The van der Waals surface area contributed by atoms with Crippen molar-refractivity contribution in [2.45, 2.75) is 34.1 Å². The monoisotopic (exact) mass is 363 g/mol. The molecule has 2 nitrogen and oxygen atoms in total. The molecule has 0 aliphatic heterocycles. The molecule has 1 rings (SSSR count). The zero-order chi connectivity index (χ0) is 13.9. The molecule has 1 aromatic rings. The van der Waals surface area contributed by atoms with E-state index in [0.29, 0.717) is 15.7 Å². The van der Waals surface area contributed by atoms with Crippen LogP contribution in [0.2, 0.25) is 0 Å². The fourth-order valence-corrected chi connectivity index (χ4v) is 1.88. The van der Waals surface area contributed by atoms with Gasteiger partial charge in [0.2, 0.25) is 5.91 Å². The van der Waals surface area contributed by atoms with E-state index in [1.807, 2.05) is 22.6 Å². The Balaban J connectivity index is 2.69. The highest BCUT2D eigenvalue weighted by Crippen LogP contribution is 2.28. The average Bonchev–Trinajstić information content (AvgIpc) is 2.23. The number of amides is 1. The third-order valence-electron chi connectivity index (χ3n) is 3.20. The van der Waals surface area contributed by atoms with Gasteiger partial charge in [0.15, 0.2) is 0 Å². The van der Waals surface area contributed by atoms with Crippen molar-refractivity contribution in [2.24, 2.45) is 11.3 Å². The summed E-state index contributed by atoms with van der Waals surface area (Å²) in [5, 5.41) is 2.77. The molecule has 0 saturated heterocycles. The first-order valence-corrected chi connectivity index (χ1v) is 7.03. The number of hydrogen-bond donors (Lipinski definition) is 1. The van der Waals surface area contributed by atoms with E-state index >= 15 is 0 Å². The van der Waals surface area contributed by atoms with Crippen LogP contribution in [0.5, 0.6) is 0 Å². The lowest BCUT2D eigenvalue weighted by molar-refractivity contribution is -0.117. The minimum Gasteiger partial charge on any atom is -0.325 e. The van der Waals surface area contributed by atoms with Gasteiger partial charge in [0.05, 0.1) is 9.26 Å². The summed E-state index contributed by atoms with van der Waals surface area (Å²) in [7, 11) is 0. The van der Waals surface area contributed by atoms with Gasteiger partial charge in [-0.05, 0) is 46.1 Å². The second kappa shape index (κ2) is 5.99. The number of rotatable bonds is 3. The Kier molecular flexibility index (Phi) is 5.13. The van der Waals surface area contributed by atoms with Gasteiger partial charge in [0.25, 0.3) is 0 Å². The maximum atomic E-state index is 13.3. The molecular formula is C14H19FINO. The van der Waals surface area contributed by atoms with Crippen molar-refractivity contribution in [2.75, 3.05) is 5.32 Å². The quantitative estimate of drug-likeness (QED) is 0.791. The van der Waals surface area contributed by atoms with E-state index in [1.54, 1.807) is 12.1 Å². The molecule has 0 aliphatic rings. The van der Waals surface area contributed by atoms with E-state index in [0.717, 1.165) is 0 Å². The standard InChI is InChI=1S/C14H19FINO/c1-9(14(2,3)4)8-12(18)17-11-7-5-6-10(15)13(11)16/h5-7,9H,8H2,1-4H3,(H,17,18). The highest BCUT2D eigenvalue weighted by atomic mass is 127. The van der Waals surface area contributed by atoms with Crippen LogP contribution in [0.3, 0.4) is 0 Å². The summed E-state index contributed by atoms with van der Waals surface area (Å²) in [5.74, 6) is -0.109. The molecule has 0 spiro atoms. The van der Waals surface area contributed by atoms with Gasteiger partial charge in [-0.3, -0.25) is 4.79 Å². The Hall–Kier alpha value is -0.650. The van der Waals surface area contributed by atoms with E-state index in [-0.39, 0.29) is 23.1 Å². The molecular weight excluding hydrogens is 344 g/mol. The molecule has 1 N–H and O–H groups in total. The number of nitrogens with one attached hydrogen (secondary N) is 1. The van der Waals surface area contributed by atoms with Crippen molar-refractivity contribution in [3.05, 3.63) is 27.6 Å². The molecule has 1 atom stereocenters. The van der Waals surface area contributed by atoms with Crippen molar-refractivity contribution in [3.8, 4) is 0 Å². The van der Waals surface area contributed by atoms with Crippen LogP contribution in [0, 0.1) is 20.7 Å². The van der Waals surface area contributed by atoms with Crippen molar-refractivity contribution in [1.29, 1.82) is 0 Å². The molecule has 1 aromatic carbocycles. The average molecular weight is 363 g/mol. The van der Waals surface area contributed by atoms with E-state index in [2.05, 4.69) is 33.0 Å². The number of carbonyl (C=O) groups excluding carboxylic acids is 1. The summed E-state index contributed by atoms with van der Waals surface area (Å²) < 4.78 is 13.8. The van der Waals surface area contributed by atoms with Crippen LogP contribution in [0.15, 0.2) is 18.2 Å². The number of carbonyl (C=O) groups is 1. The van der Waals surface area contributed by atoms with Crippen molar-refractivity contribution < 1.29 is 9.18 Å². The lowest BCUT2D eigenvalue weighted by Crippen LogP contribution is -2.24. The number of benzene rings is 1. The summed E-state index contributed by atoms with van der Waals surface area (Å²) in [6, 6.07) is 4.69. The zero-order valence-electron chi connectivity index (χ0n) is 11.2. The molecule has 0 aromatic heterocycles. The first-order chi connectivity index (χ1) is 8.21. The van der Waals surface area contributed by atoms with Gasteiger partial charge < -0.3 is 5.32 Å². The van der Waals surface area contributed by atoms with Crippen LogP contribution in [0.4, 0.5) is 10.1 Å². The van der Waals surface area contributed by atoms with Crippen LogP contribution in [0.1, 0.15) is 34.1 Å². The number of hydrogen-bond acceptors (Lipinski definition) is 1. The van der Waals surface area contributed by atoms with Gasteiger partial charge >= 0.3 is 0 Å². The first-order valence-electron chi connectivity index (χ1n) is 5.95. The highest BCUT2D eigenvalue weighted by molar-refractivity contribution is 14.1. The summed E-state index contributed by atoms with van der Waals surface area (Å²) in [6.45, 7) is 8.38. The van der Waals surface area contributed by atoms with Crippen LogP contribution in [-0.4, -0.2) is 5.91 Å². The number of halogens is 2. The van der Waals surface area contributed by atoms with Crippen molar-refractivity contribution in [3.63, 3.8) is 0 Å². The topological polar surface area (TPSA) is 29.1 Å². The van der Waals surface area contributed by atoms with Gasteiger partial charge in [-0.15, -0.1) is 0 Å². The molecule has 0 saturated carbocycles. The zero-order valence-corrected chi connectivity index (χ0v) is 13.3. The van der Waals surface area contributed by atoms with Crippen LogP contribution < -0.4 is 5.32 Å². The molecule has 0 bridgehead atoms. The summed E-state index contributed by atoms with van der Waals surface area (Å²) in [4.78, 5) is 11.9. The van der Waals surface area contributed by atoms with Crippen molar-refractivity contribution in [1.82, 2.24) is 0 Å². The SMILES string of the molecule is CC(CC(=O)Nc1cccc(F)c1I)C(C)(C)C. The summed E-state index contributed by atoms with van der Waals surface area (Å²) in [6.07, 6.45) is 0.441. The van der Waals surface area contributed by atoms with Crippen LogP contribution in [0.25, 0.3) is 0 Å². The van der Waals surface area contributed by atoms with Crippen molar-refractivity contribution >= 4 is 34.2 Å². The molecule has 0 radical (unpaired) electrons. The number of anilines is 1. The molecule has 100 valence electrons. The Bertz CT molecular complexity index is 440. The van der Waals surface area contributed by atoms with Gasteiger partial charge in [0, 0.05) is 6.42 Å². The van der Waals surface area contributed by atoms with Gasteiger partial charge in [0.1, 0.15) is 5.82 Å². The molecule has 1 amide bonds. The molecule has 4 heteroatoms. The highest BCUT2D eigenvalue weighted by Gasteiger charge is 2.22. The molecule has 0 heterocycles. The first kappa shape index (κ1) is 15.4. The van der Waals surface area contributed by atoms with E-state index in [1.165, 1.54) is 6.07 Å².